The molecule has 0 atom stereocenters. The molecule has 90 heavy (non-hydrogen) atoms. The molecule has 12 rings (SSSR count). The highest BCUT2D eigenvalue weighted by Gasteiger charge is 2.40. The molecule has 7 heterocycles. The first kappa shape index (κ1) is 59.7. The van der Waals surface area contributed by atoms with Crippen LogP contribution in [0.25, 0.3) is 27.9 Å². The maximum absolute atomic E-state index is 16.3. The van der Waals surface area contributed by atoms with Crippen molar-refractivity contribution in [2.24, 2.45) is 25.0 Å². The molecule has 31 heteroatoms. The molecular weight excluding hydrogens is 1270 g/mol. The van der Waals surface area contributed by atoms with Crippen LogP contribution in [0.4, 0.5) is 110 Å². The van der Waals surface area contributed by atoms with Gasteiger partial charge in [-0.2, -0.15) is 0 Å². The van der Waals surface area contributed by atoms with Gasteiger partial charge in [-0.05, 0) is 60.8 Å². The second kappa shape index (κ2) is 21.3. The number of benzene rings is 5. The second-order valence-corrected chi connectivity index (χ2v) is 19.0. The fourth-order valence-corrected chi connectivity index (χ4v) is 10.0. The highest BCUT2D eigenvalue weighted by molar-refractivity contribution is 6.52. The lowest BCUT2D eigenvalue weighted by Crippen LogP contribution is -2.12. The Bertz CT molecular complexity index is 4830. The molecule has 454 valence electrons. The van der Waals surface area contributed by atoms with E-state index in [1.165, 1.54) is 0 Å². The summed E-state index contributed by atoms with van der Waals surface area (Å²) in [5, 5.41) is 0. The van der Waals surface area contributed by atoms with Crippen molar-refractivity contribution >= 4 is 56.9 Å². The number of fused-ring (bicyclic) bond motifs is 8. The molecule has 6 aliphatic heterocycles. The van der Waals surface area contributed by atoms with E-state index in [-0.39, 0.29) is 0 Å². The molecule has 0 saturated carbocycles. The van der Waals surface area contributed by atoms with Crippen molar-refractivity contribution in [2.75, 3.05) is 0 Å². The van der Waals surface area contributed by atoms with Crippen LogP contribution in [0, 0.1) is 145 Å². The average Bonchev–Trinajstić information content (AvgIpc) is 1.59. The normalized spacial score (nSPS) is 16.2. The number of aliphatic imine (C=N–C) groups is 5. The summed E-state index contributed by atoms with van der Waals surface area (Å²) in [5.74, 6) is -68.2. The summed E-state index contributed by atoms with van der Waals surface area (Å²) in [6.07, 6.45) is 6.26. The van der Waals surface area contributed by atoms with Crippen LogP contribution in [0.15, 0.2) is 126 Å². The quantitative estimate of drug-likeness (QED) is 0.101. The van der Waals surface area contributed by atoms with Crippen molar-refractivity contribution in [3.8, 4) is 0 Å². The monoisotopic (exact) mass is 1280 g/mol. The van der Waals surface area contributed by atoms with Gasteiger partial charge in [-0.15, -0.1) is 0 Å². The van der Waals surface area contributed by atoms with E-state index >= 15 is 87.8 Å². The third-order valence-electron chi connectivity index (χ3n) is 14.1. The van der Waals surface area contributed by atoms with E-state index in [2.05, 4.69) is 29.9 Å². The molecule has 6 nitrogen and oxygen atoms in total. The third-order valence-corrected chi connectivity index (χ3v) is 14.1. The van der Waals surface area contributed by atoms with E-state index in [1.807, 2.05) is 0 Å². The number of nitrogens with zero attached hydrogens (tertiary/aromatic N) is 5. The van der Waals surface area contributed by atoms with E-state index in [9.17, 15) is 22.0 Å². The van der Waals surface area contributed by atoms with E-state index in [0.29, 0.717) is 54.9 Å². The molecule has 0 amide bonds. The minimum atomic E-state index is -2.85. The molecule has 0 fully saturated rings. The summed E-state index contributed by atoms with van der Waals surface area (Å²) in [6.45, 7) is 0. The predicted molar refractivity (Wildman–Crippen MR) is 268 cm³/mol. The Morgan fingerprint density at radius 1 is 0.256 bits per heavy atom. The Hall–Kier alpha value is -10.6. The molecule has 0 radical (unpaired) electrons. The third kappa shape index (κ3) is 8.73. The molecule has 1 aromatic heterocycles. The first-order valence-corrected chi connectivity index (χ1v) is 24.4. The van der Waals surface area contributed by atoms with Gasteiger partial charge in [0.2, 0.25) is 29.1 Å². The molecule has 12 bridgehead atoms. The Balaban J connectivity index is 1.27. The van der Waals surface area contributed by atoms with Gasteiger partial charge in [0.05, 0.1) is 79.1 Å². The molecule has 1 N–H and O–H groups in total. The van der Waals surface area contributed by atoms with Crippen LogP contribution in [-0.2, 0) is 0 Å². The van der Waals surface area contributed by atoms with Crippen LogP contribution in [0.3, 0.4) is 0 Å². The zero-order valence-electron chi connectivity index (χ0n) is 42.6. The summed E-state index contributed by atoms with van der Waals surface area (Å²) < 4.78 is 388. The van der Waals surface area contributed by atoms with Gasteiger partial charge in [0.25, 0.3) is 0 Å². The predicted octanol–water partition coefficient (Wildman–Crippen LogP) is 16.3. The number of H-pyrrole nitrogens is 1. The van der Waals surface area contributed by atoms with Gasteiger partial charge in [-0.1, -0.05) is 0 Å². The Morgan fingerprint density at radius 3 is 0.911 bits per heavy atom. The number of allylic oxidation sites excluding steroid dienone is 13. The average molecular weight is 1280 g/mol. The minimum absolute atomic E-state index is 0.370. The van der Waals surface area contributed by atoms with Crippen LogP contribution in [0.5, 0.6) is 0 Å². The van der Waals surface area contributed by atoms with Crippen LogP contribution in [0.2, 0.25) is 0 Å². The number of nitrogens with one attached hydrogen (secondary N) is 1. The summed E-state index contributed by atoms with van der Waals surface area (Å²) in [7, 11) is 0. The van der Waals surface area contributed by atoms with E-state index in [0.717, 1.165) is 18.2 Å². The number of hydrogen-bond donors (Lipinski definition) is 1. The van der Waals surface area contributed by atoms with Crippen molar-refractivity contribution < 1.29 is 110 Å². The molecule has 0 aliphatic carbocycles. The Morgan fingerprint density at radius 2 is 0.522 bits per heavy atom. The van der Waals surface area contributed by atoms with Crippen molar-refractivity contribution in [1.82, 2.24) is 4.98 Å². The maximum atomic E-state index is 16.3. The van der Waals surface area contributed by atoms with Gasteiger partial charge >= 0.3 is 0 Å². The van der Waals surface area contributed by atoms with Crippen LogP contribution in [0.1, 0.15) is 39.1 Å². The largest absolute Gasteiger partial charge is 0.360 e. The second-order valence-electron chi connectivity index (χ2n) is 19.0. The van der Waals surface area contributed by atoms with E-state index in [4.69, 9.17) is 0 Å². The smallest absolute Gasteiger partial charge is 0.200 e. The van der Waals surface area contributed by atoms with E-state index in [1.54, 1.807) is 0 Å². The van der Waals surface area contributed by atoms with Crippen molar-refractivity contribution in [2.45, 2.75) is 0 Å². The Kier molecular flexibility index (Phi) is 14.1. The summed E-state index contributed by atoms with van der Waals surface area (Å²) in [5.41, 5.74) is -29.1. The summed E-state index contributed by atoms with van der Waals surface area (Å²) in [4.78, 5) is 22.1. The first-order valence-electron chi connectivity index (χ1n) is 24.4. The van der Waals surface area contributed by atoms with Crippen molar-refractivity contribution in [3.63, 3.8) is 0 Å². The SMILES string of the molecule is Fc1c(F)c(F)c(C2=C3C=NC(=C3)C(c3c(F)c(F)c(F)c(F)c3F)=C3C=CC(=N3)C3=NC(=C(c4c(F)c(F)c(F)c(F)c4F)c4c[nH]c(c4)C(c4c(F)c(F)c(F)c(F)c4F)=C4C=CC(=N4)C(c4c(F)c(F)c(F)c(F)c4F)=C4C=CC2=N4)C=C3)c(F)c1F. The lowest BCUT2D eigenvalue weighted by Gasteiger charge is -2.15. The lowest BCUT2D eigenvalue weighted by molar-refractivity contribution is 0.376. The standard InChI is InChI=1S/C59H13F25N6/c60-35-30(36(61)46(71)55(80)45(35)70)25-13-9-24(86-11-13)29(34-43(68)53(78)59(84)54(79)44(34)69)22-8-7-20(90-22)27(32-39(64)49(74)57(82)50(75)40(32)65)19-6-5-18(89-19)26(31-37(62)47(72)56(81)48(73)38(31)63)14-10-23(85-12-14)28(33-41(66)51(76)58(83)52(77)42(33)67)21-4-2-16(88-21)15-1-3-17(25)87-15/h1-12,86H. The van der Waals surface area contributed by atoms with Gasteiger partial charge in [0.1, 0.15) is 0 Å². The van der Waals surface area contributed by atoms with Gasteiger partial charge in [0.15, 0.2) is 116 Å². The first-order chi connectivity index (χ1) is 42.6. The summed E-state index contributed by atoms with van der Waals surface area (Å²) >= 11 is 0. The van der Waals surface area contributed by atoms with Crippen molar-refractivity contribution in [3.05, 3.63) is 286 Å². The van der Waals surface area contributed by atoms with Gasteiger partial charge in [-0.25, -0.2) is 130 Å². The van der Waals surface area contributed by atoms with E-state index < -0.39 is 269 Å². The molecule has 0 unspecified atom stereocenters. The zero-order valence-corrected chi connectivity index (χ0v) is 42.6. The van der Waals surface area contributed by atoms with Crippen LogP contribution < -0.4 is 0 Å². The van der Waals surface area contributed by atoms with Crippen LogP contribution >= 0.6 is 0 Å². The molecule has 5 aromatic carbocycles. The highest BCUT2D eigenvalue weighted by Crippen LogP contribution is 2.46. The van der Waals surface area contributed by atoms with Gasteiger partial charge in [-0.3, -0.25) is 4.99 Å². The van der Waals surface area contributed by atoms with Crippen molar-refractivity contribution in [1.29, 1.82) is 0 Å². The van der Waals surface area contributed by atoms with Crippen LogP contribution in [-0.4, -0.2) is 34.0 Å². The Labute approximate surface area is 481 Å². The maximum Gasteiger partial charge on any atom is 0.200 e. The fourth-order valence-electron chi connectivity index (χ4n) is 10.0. The topological polar surface area (TPSA) is 77.6 Å². The molecule has 6 aliphatic rings. The molecule has 0 saturated heterocycles. The fraction of sp³-hybridized carbons (Fsp3) is 0. The molecular formula is C59H13F25N6. The van der Waals surface area contributed by atoms with Gasteiger partial charge in [0, 0.05) is 57.1 Å². The highest BCUT2D eigenvalue weighted by atomic mass is 19.2. The lowest BCUT2D eigenvalue weighted by atomic mass is 9.93. The molecule has 6 aromatic rings. The number of aromatic nitrogens is 1. The zero-order chi connectivity index (χ0) is 64.9. The number of rotatable bonds is 5. The summed E-state index contributed by atoms with van der Waals surface area (Å²) in [6, 6.07) is 0.459. The number of aromatic amines is 1. The number of hydrogen-bond acceptors (Lipinski definition) is 5. The number of halogens is 25. The minimum Gasteiger partial charge on any atom is -0.360 e. The molecule has 0 spiro atoms. The van der Waals surface area contributed by atoms with Gasteiger partial charge < -0.3 is 4.98 Å².